The van der Waals surface area contributed by atoms with Crippen LogP contribution in [0.1, 0.15) is 79.5 Å². The van der Waals surface area contributed by atoms with Crippen LogP contribution in [0, 0.1) is 29.4 Å². The number of amides is 2. The minimum atomic E-state index is -3.50. The molecule has 57 heavy (non-hydrogen) atoms. The Bertz CT molecular complexity index is 2500. The Labute approximate surface area is 326 Å². The lowest BCUT2D eigenvalue weighted by molar-refractivity contribution is -0.123. The number of aromatic nitrogens is 5. The maximum absolute atomic E-state index is 15.4. The predicted molar refractivity (Wildman–Crippen MR) is 195 cm³/mol. The molecule has 4 unspecified atom stereocenters. The predicted octanol–water partition coefficient (Wildman–Crippen LogP) is 6.45. The Morgan fingerprint density at radius 2 is 1.75 bits per heavy atom. The first-order valence-electron chi connectivity index (χ1n) is 17.7. The van der Waals surface area contributed by atoms with Crippen molar-refractivity contribution in [2.24, 2.45) is 13.0 Å². The highest BCUT2D eigenvalue weighted by molar-refractivity contribution is 6.37. The molecule has 2 aliphatic rings. The SMILES string of the molecule is CC(O)C(=O)Nc1nn(C)c2c(-c3ccc(C#CC(C)(C)O)nc3C(Cc3cc(F)cc(F)c3)NC(=O)Cn3nc(C(F)F)c4c3C(F)(F)C3CC43)ccc(Cl)c12. The van der Waals surface area contributed by atoms with E-state index in [0.29, 0.717) is 21.8 Å². The van der Waals surface area contributed by atoms with Gasteiger partial charge in [0.1, 0.15) is 47.0 Å². The van der Waals surface area contributed by atoms with Gasteiger partial charge in [0, 0.05) is 35.7 Å². The molecule has 2 aromatic carbocycles. The molecule has 0 spiro atoms. The monoisotopic (exact) mass is 813 g/mol. The molecule has 2 aliphatic carbocycles. The first-order chi connectivity index (χ1) is 26.7. The molecule has 18 heteroatoms. The second-order valence-corrected chi connectivity index (χ2v) is 15.1. The van der Waals surface area contributed by atoms with Crippen molar-refractivity contribution in [3.63, 3.8) is 0 Å². The van der Waals surface area contributed by atoms with Crippen LogP contribution in [0.5, 0.6) is 0 Å². The van der Waals surface area contributed by atoms with Crippen molar-refractivity contribution < 1.29 is 46.1 Å². The number of halogens is 7. The summed E-state index contributed by atoms with van der Waals surface area (Å²) in [6, 6.07) is 7.59. The minimum Gasteiger partial charge on any atom is -0.384 e. The Hall–Kier alpha value is -5.44. The van der Waals surface area contributed by atoms with Gasteiger partial charge >= 0.3 is 0 Å². The first-order valence-corrected chi connectivity index (χ1v) is 18.0. The van der Waals surface area contributed by atoms with Crippen molar-refractivity contribution in [1.29, 1.82) is 0 Å². The van der Waals surface area contributed by atoms with Crippen LogP contribution in [0.25, 0.3) is 22.0 Å². The van der Waals surface area contributed by atoms with E-state index in [2.05, 4.69) is 32.7 Å². The summed E-state index contributed by atoms with van der Waals surface area (Å²) in [6.07, 6.45) is -4.87. The number of alkyl halides is 4. The van der Waals surface area contributed by atoms with E-state index in [1.165, 1.54) is 37.6 Å². The van der Waals surface area contributed by atoms with Gasteiger partial charge in [-0.15, -0.1) is 0 Å². The fourth-order valence-electron chi connectivity index (χ4n) is 7.29. The molecule has 0 saturated heterocycles. The lowest BCUT2D eigenvalue weighted by Crippen LogP contribution is -2.35. The summed E-state index contributed by atoms with van der Waals surface area (Å²) in [4.78, 5) is 31.1. The number of hydrogen-bond donors (Lipinski definition) is 4. The molecule has 3 aromatic heterocycles. The van der Waals surface area contributed by atoms with Gasteiger partial charge in [-0.25, -0.2) is 22.5 Å². The quantitative estimate of drug-likeness (QED) is 0.0937. The van der Waals surface area contributed by atoms with E-state index in [9.17, 15) is 37.4 Å². The lowest BCUT2D eigenvalue weighted by atomic mass is 9.93. The van der Waals surface area contributed by atoms with Crippen LogP contribution in [-0.2, 0) is 35.5 Å². The van der Waals surface area contributed by atoms with E-state index >= 15 is 8.78 Å². The van der Waals surface area contributed by atoms with Gasteiger partial charge in [0.05, 0.1) is 27.7 Å². The van der Waals surface area contributed by atoms with Crippen molar-refractivity contribution in [3.05, 3.63) is 93.0 Å². The Kier molecular flexibility index (Phi) is 10.1. The van der Waals surface area contributed by atoms with Gasteiger partial charge in [0.15, 0.2) is 5.82 Å². The summed E-state index contributed by atoms with van der Waals surface area (Å²) in [5.74, 6) is -3.64. The number of aliphatic hydroxyl groups is 2. The van der Waals surface area contributed by atoms with E-state index in [1.54, 1.807) is 19.2 Å². The molecule has 11 nitrogen and oxygen atoms in total. The van der Waals surface area contributed by atoms with E-state index in [4.69, 9.17) is 16.6 Å². The number of aryl methyl sites for hydroxylation is 1. The number of fused-ring (bicyclic) bond motifs is 4. The molecule has 298 valence electrons. The Morgan fingerprint density at radius 1 is 1.07 bits per heavy atom. The number of pyridine rings is 1. The molecule has 2 amide bonds. The van der Waals surface area contributed by atoms with Gasteiger partial charge in [-0.2, -0.15) is 19.0 Å². The van der Waals surface area contributed by atoms with E-state index in [0.717, 1.165) is 12.1 Å². The number of hydrogen-bond acceptors (Lipinski definition) is 7. The fourth-order valence-corrected chi connectivity index (χ4v) is 7.53. The van der Waals surface area contributed by atoms with Crippen LogP contribution >= 0.6 is 11.6 Å². The third kappa shape index (κ3) is 7.68. The first kappa shape index (κ1) is 39.8. The fraction of sp³-hybridized carbons (Fsp3) is 0.359. The lowest BCUT2D eigenvalue weighted by Gasteiger charge is -2.23. The normalized spacial score (nSPS) is 17.8. The molecule has 0 bridgehead atoms. The minimum absolute atomic E-state index is 0.0110. The average Bonchev–Trinajstić information content (AvgIpc) is 3.65. The zero-order valence-corrected chi connectivity index (χ0v) is 31.4. The van der Waals surface area contributed by atoms with Gasteiger partial charge in [0.25, 0.3) is 18.3 Å². The summed E-state index contributed by atoms with van der Waals surface area (Å²) >= 11 is 6.62. The van der Waals surface area contributed by atoms with Gasteiger partial charge < -0.3 is 20.8 Å². The number of aliphatic hydroxyl groups excluding tert-OH is 1. The van der Waals surface area contributed by atoms with Crippen molar-refractivity contribution in [2.45, 2.75) is 76.2 Å². The molecular formula is C39H34ClF6N7O4. The standard InChI is InChI=1S/C39H34ClF6N7O4/c1-17(54)37(56)49-36-30-26(40)8-7-23(33(30)52(4)51-36)22-6-5-21(9-10-38(2,3)57)47-31(22)27(13-18-11-19(41)14-20(42)12-18)48-28(55)16-53-34-29(32(50-53)35(43)44)24-15-25(24)39(34,45)46/h5-8,11-12,14,17,24-25,27,35,54,57H,13,15-16H2,1-4H3,(H,48,55)(H,49,51,56). The Balaban J connectivity index is 1.38. The summed E-state index contributed by atoms with van der Waals surface area (Å²) in [7, 11) is 1.56. The highest BCUT2D eigenvalue weighted by atomic mass is 35.5. The summed E-state index contributed by atoms with van der Waals surface area (Å²) in [6.45, 7) is 3.23. The third-order valence-electron chi connectivity index (χ3n) is 9.76. The highest BCUT2D eigenvalue weighted by Crippen LogP contribution is 2.68. The topological polar surface area (TPSA) is 147 Å². The van der Waals surface area contributed by atoms with Crippen LogP contribution in [0.4, 0.5) is 32.2 Å². The van der Waals surface area contributed by atoms with Crippen molar-refractivity contribution in [1.82, 2.24) is 29.9 Å². The largest absolute Gasteiger partial charge is 0.384 e. The number of nitrogens with zero attached hydrogens (tertiary/aromatic N) is 5. The van der Waals surface area contributed by atoms with Crippen molar-refractivity contribution >= 4 is 40.1 Å². The van der Waals surface area contributed by atoms with Crippen LogP contribution in [0.15, 0.2) is 42.5 Å². The number of rotatable bonds is 10. The number of benzene rings is 2. The number of carbonyl (C=O) groups excluding carboxylic acids is 2. The smallest absolute Gasteiger partial charge is 0.293 e. The second kappa shape index (κ2) is 14.5. The number of carbonyl (C=O) groups is 2. The molecule has 1 saturated carbocycles. The molecule has 0 aliphatic heterocycles. The molecule has 4 N–H and O–H groups in total. The maximum Gasteiger partial charge on any atom is 0.293 e. The van der Waals surface area contributed by atoms with Crippen LogP contribution in [-0.4, -0.2) is 58.3 Å². The molecular weight excluding hydrogens is 780 g/mol. The molecule has 5 aromatic rings. The summed E-state index contributed by atoms with van der Waals surface area (Å²) in [5.41, 5.74) is -2.09. The van der Waals surface area contributed by atoms with E-state index in [1.807, 2.05) is 0 Å². The summed E-state index contributed by atoms with van der Waals surface area (Å²) < 4.78 is 89.9. The summed E-state index contributed by atoms with van der Waals surface area (Å²) in [5, 5.41) is 34.0. The third-order valence-corrected chi connectivity index (χ3v) is 10.1. The zero-order valence-electron chi connectivity index (χ0n) is 30.6. The number of anilines is 1. The van der Waals surface area contributed by atoms with Crippen molar-refractivity contribution in [2.75, 3.05) is 5.32 Å². The molecule has 4 atom stereocenters. The number of nitrogens with one attached hydrogen (secondary N) is 2. The maximum atomic E-state index is 15.4. The van der Waals surface area contributed by atoms with Gasteiger partial charge in [-0.1, -0.05) is 23.6 Å². The van der Waals surface area contributed by atoms with Gasteiger partial charge in [0.2, 0.25) is 5.91 Å². The molecule has 1 fully saturated rings. The second-order valence-electron chi connectivity index (χ2n) is 14.7. The molecule has 0 radical (unpaired) electrons. The van der Waals surface area contributed by atoms with E-state index in [-0.39, 0.29) is 57.1 Å². The molecule has 7 rings (SSSR count). The van der Waals surface area contributed by atoms with Gasteiger partial charge in [-0.3, -0.25) is 19.0 Å². The average molecular weight is 814 g/mol. The van der Waals surface area contributed by atoms with E-state index < -0.39 is 83.3 Å². The Morgan fingerprint density at radius 3 is 2.40 bits per heavy atom. The van der Waals surface area contributed by atoms with Crippen LogP contribution < -0.4 is 10.6 Å². The van der Waals surface area contributed by atoms with Crippen LogP contribution in [0.2, 0.25) is 5.02 Å². The molecule has 3 heterocycles. The zero-order chi connectivity index (χ0) is 41.3. The van der Waals surface area contributed by atoms with Crippen molar-refractivity contribution in [3.8, 4) is 23.0 Å². The highest BCUT2D eigenvalue weighted by Gasteiger charge is 2.67. The van der Waals surface area contributed by atoms with Gasteiger partial charge in [-0.05, 0) is 81.3 Å². The van der Waals surface area contributed by atoms with Crippen LogP contribution in [0.3, 0.4) is 0 Å².